The van der Waals surface area contributed by atoms with E-state index in [1.807, 2.05) is 72.5 Å². The van der Waals surface area contributed by atoms with Gasteiger partial charge < -0.3 is 24.9 Å². The van der Waals surface area contributed by atoms with E-state index < -0.39 is 17.7 Å². The summed E-state index contributed by atoms with van der Waals surface area (Å²) in [5.41, 5.74) is 2.95. The highest BCUT2D eigenvalue weighted by atomic mass is 16.6. The lowest BCUT2D eigenvalue weighted by Crippen LogP contribution is -2.47. The van der Waals surface area contributed by atoms with Crippen LogP contribution in [0.1, 0.15) is 26.3 Å². The number of hydrogen-bond donors (Lipinski definition) is 3. The fourth-order valence-corrected chi connectivity index (χ4v) is 3.82. The summed E-state index contributed by atoms with van der Waals surface area (Å²) < 4.78 is 7.43. The van der Waals surface area contributed by atoms with Gasteiger partial charge in [0.05, 0.1) is 0 Å². The molecule has 0 radical (unpaired) electrons. The smallest absolute Gasteiger partial charge is 0.408 e. The number of alkyl carbamates (subject to hydrolysis) is 1. The van der Waals surface area contributed by atoms with Gasteiger partial charge in [-0.2, -0.15) is 0 Å². The number of aromatic nitrogens is 2. The Morgan fingerprint density at radius 2 is 1.91 bits per heavy atom. The normalized spacial score (nSPS) is 12.6. The van der Waals surface area contributed by atoms with Crippen molar-refractivity contribution >= 4 is 39.5 Å². The average Bonchev–Trinajstić information content (AvgIpc) is 3.30. The van der Waals surface area contributed by atoms with Gasteiger partial charge in [-0.15, -0.1) is 0 Å². The Morgan fingerprint density at radius 3 is 2.69 bits per heavy atom. The van der Waals surface area contributed by atoms with E-state index in [0.29, 0.717) is 12.1 Å². The van der Waals surface area contributed by atoms with Gasteiger partial charge in [-0.05, 0) is 56.0 Å². The van der Waals surface area contributed by atoms with Crippen molar-refractivity contribution in [3.8, 4) is 0 Å². The molecule has 0 unspecified atom stereocenters. The van der Waals surface area contributed by atoms with Gasteiger partial charge in [-0.25, -0.2) is 4.79 Å². The lowest BCUT2D eigenvalue weighted by atomic mass is 10.0. The van der Waals surface area contributed by atoms with Gasteiger partial charge in [0.1, 0.15) is 11.6 Å². The van der Waals surface area contributed by atoms with Gasteiger partial charge in [0.15, 0.2) is 0 Å². The van der Waals surface area contributed by atoms with Gasteiger partial charge in [-0.1, -0.05) is 24.3 Å². The maximum Gasteiger partial charge on any atom is 0.408 e. The summed E-state index contributed by atoms with van der Waals surface area (Å²) in [6.45, 7) is 5.37. The lowest BCUT2D eigenvalue weighted by molar-refractivity contribution is -0.118. The Balaban J connectivity index is 1.59. The first kappa shape index (κ1) is 21.5. The Morgan fingerprint density at radius 1 is 1.12 bits per heavy atom. The number of ether oxygens (including phenoxy) is 1. The van der Waals surface area contributed by atoms with Crippen LogP contribution in [0.25, 0.3) is 21.8 Å². The highest BCUT2D eigenvalue weighted by molar-refractivity contribution is 5.99. The predicted octanol–water partition coefficient (Wildman–Crippen LogP) is 4.73. The molecule has 7 nitrogen and oxygen atoms in total. The fraction of sp³-hybridized carbons (Fsp3) is 0.280. The summed E-state index contributed by atoms with van der Waals surface area (Å²) >= 11 is 0. The molecule has 0 aliphatic carbocycles. The molecule has 0 saturated carbocycles. The molecule has 2 heterocycles. The third kappa shape index (κ3) is 4.77. The Hall–Kier alpha value is -3.74. The Labute approximate surface area is 186 Å². The summed E-state index contributed by atoms with van der Waals surface area (Å²) in [5, 5.41) is 7.79. The van der Waals surface area contributed by atoms with E-state index >= 15 is 0 Å². The number of H-pyrrole nitrogens is 1. The molecule has 4 aromatic rings. The topological polar surface area (TPSA) is 88.2 Å². The third-order valence-corrected chi connectivity index (χ3v) is 5.23. The van der Waals surface area contributed by atoms with Crippen molar-refractivity contribution in [2.24, 2.45) is 7.05 Å². The van der Waals surface area contributed by atoms with Gasteiger partial charge >= 0.3 is 6.09 Å². The second kappa shape index (κ2) is 8.42. The van der Waals surface area contributed by atoms with Crippen LogP contribution in [0, 0.1) is 0 Å². The van der Waals surface area contributed by atoms with E-state index in [1.54, 1.807) is 20.8 Å². The van der Waals surface area contributed by atoms with E-state index in [0.717, 1.165) is 27.4 Å². The number of carbonyl (C=O) groups is 2. The van der Waals surface area contributed by atoms with Gasteiger partial charge in [0, 0.05) is 48.0 Å². The summed E-state index contributed by atoms with van der Waals surface area (Å²) in [5.74, 6) is -0.310. The average molecular weight is 433 g/mol. The van der Waals surface area contributed by atoms with Gasteiger partial charge in [-0.3, -0.25) is 4.79 Å². The molecule has 4 rings (SSSR count). The van der Waals surface area contributed by atoms with Crippen molar-refractivity contribution < 1.29 is 14.3 Å². The number of anilines is 1. The largest absolute Gasteiger partial charge is 0.444 e. The van der Waals surface area contributed by atoms with Crippen LogP contribution in [-0.4, -0.2) is 33.2 Å². The van der Waals surface area contributed by atoms with Crippen molar-refractivity contribution in [2.75, 3.05) is 5.32 Å². The third-order valence-electron chi connectivity index (χ3n) is 5.23. The minimum Gasteiger partial charge on any atom is -0.444 e. The van der Waals surface area contributed by atoms with Gasteiger partial charge in [0.25, 0.3) is 0 Å². The highest BCUT2D eigenvalue weighted by Crippen LogP contribution is 2.23. The van der Waals surface area contributed by atoms with E-state index in [1.165, 1.54) is 0 Å². The summed E-state index contributed by atoms with van der Waals surface area (Å²) in [6, 6.07) is 14.8. The molecule has 2 aromatic heterocycles. The fourth-order valence-electron chi connectivity index (χ4n) is 3.82. The van der Waals surface area contributed by atoms with E-state index in [2.05, 4.69) is 15.6 Å². The van der Waals surface area contributed by atoms with Crippen LogP contribution in [0.4, 0.5) is 10.5 Å². The molecule has 166 valence electrons. The number of nitrogens with one attached hydrogen (secondary N) is 3. The molecular weight excluding hydrogens is 404 g/mol. The highest BCUT2D eigenvalue weighted by Gasteiger charge is 2.26. The monoisotopic (exact) mass is 432 g/mol. The molecule has 0 fully saturated rings. The summed E-state index contributed by atoms with van der Waals surface area (Å²) in [7, 11) is 1.97. The van der Waals surface area contributed by atoms with Crippen LogP contribution in [0.3, 0.4) is 0 Å². The number of rotatable bonds is 5. The van der Waals surface area contributed by atoms with E-state index in [-0.39, 0.29) is 5.91 Å². The molecule has 3 N–H and O–H groups in total. The first-order valence-electron chi connectivity index (χ1n) is 10.6. The molecule has 0 saturated heterocycles. The van der Waals surface area contributed by atoms with Crippen molar-refractivity contribution in [2.45, 2.75) is 38.8 Å². The quantitative estimate of drug-likeness (QED) is 0.426. The number of aromatic amines is 1. The Kier molecular flexibility index (Phi) is 5.65. The molecule has 0 aliphatic heterocycles. The minimum absolute atomic E-state index is 0.310. The number of carbonyl (C=O) groups excluding carboxylic acids is 2. The van der Waals surface area contributed by atoms with Crippen LogP contribution in [0.15, 0.2) is 60.9 Å². The van der Waals surface area contributed by atoms with Crippen LogP contribution < -0.4 is 10.6 Å². The first-order valence-corrected chi connectivity index (χ1v) is 10.6. The van der Waals surface area contributed by atoms with Crippen molar-refractivity contribution in [3.05, 3.63) is 66.5 Å². The number of aryl methyl sites for hydroxylation is 1. The zero-order valence-corrected chi connectivity index (χ0v) is 18.7. The zero-order chi connectivity index (χ0) is 22.9. The second-order valence-electron chi connectivity index (χ2n) is 8.95. The number of benzene rings is 2. The van der Waals surface area contributed by atoms with Crippen LogP contribution >= 0.6 is 0 Å². The predicted molar refractivity (Wildman–Crippen MR) is 127 cm³/mol. The molecule has 0 spiro atoms. The van der Waals surface area contributed by atoms with Gasteiger partial charge in [0.2, 0.25) is 5.91 Å². The Bertz CT molecular complexity index is 1280. The van der Waals surface area contributed by atoms with Crippen LogP contribution in [0.5, 0.6) is 0 Å². The maximum atomic E-state index is 13.2. The number of nitrogens with zero attached hydrogens (tertiary/aromatic N) is 1. The maximum absolute atomic E-state index is 13.2. The lowest BCUT2D eigenvalue weighted by Gasteiger charge is -2.23. The second-order valence-corrected chi connectivity index (χ2v) is 8.95. The molecule has 2 amide bonds. The molecule has 2 aromatic carbocycles. The molecule has 32 heavy (non-hydrogen) atoms. The molecule has 0 aliphatic rings. The van der Waals surface area contributed by atoms with Crippen molar-refractivity contribution in [1.82, 2.24) is 14.9 Å². The molecule has 0 bridgehead atoms. The molecule has 1 atom stereocenters. The number of fused-ring (bicyclic) bond motifs is 2. The van der Waals surface area contributed by atoms with Crippen molar-refractivity contribution in [1.29, 1.82) is 0 Å². The SMILES string of the molecule is Cn1cc(C[C@H](NC(=O)OC(C)(C)C)C(=O)Nc2ccc3cc[nH]c3c2)c2ccccc21. The van der Waals surface area contributed by atoms with E-state index in [9.17, 15) is 9.59 Å². The van der Waals surface area contributed by atoms with Crippen molar-refractivity contribution in [3.63, 3.8) is 0 Å². The molecule has 7 heteroatoms. The number of para-hydroxylation sites is 1. The number of amides is 2. The summed E-state index contributed by atoms with van der Waals surface area (Å²) in [6.07, 6.45) is 3.55. The summed E-state index contributed by atoms with van der Waals surface area (Å²) in [4.78, 5) is 28.9. The first-order chi connectivity index (χ1) is 15.2. The van der Waals surface area contributed by atoms with E-state index in [4.69, 9.17) is 4.74 Å². The number of hydrogen-bond acceptors (Lipinski definition) is 3. The van der Waals surface area contributed by atoms with Crippen LogP contribution in [-0.2, 0) is 23.0 Å². The van der Waals surface area contributed by atoms with Crippen LogP contribution in [0.2, 0.25) is 0 Å². The standard InChI is InChI=1S/C25H28N4O3/c1-25(2,3)32-24(31)28-21(13-17-15-29(4)22-8-6-5-7-19(17)22)23(30)27-18-10-9-16-11-12-26-20(16)14-18/h5-12,14-15,21,26H,13H2,1-4H3,(H,27,30)(H,28,31)/t21-/m0/s1. The minimum atomic E-state index is -0.810. The molecular formula is C25H28N4O3. The zero-order valence-electron chi connectivity index (χ0n) is 18.7.